The molecule has 4 aliphatic rings. The quantitative estimate of drug-likeness (QED) is 0.455. The fourth-order valence-electron chi connectivity index (χ4n) is 5.47. The van der Waals surface area contributed by atoms with Crippen molar-refractivity contribution in [3.8, 4) is 0 Å². The van der Waals surface area contributed by atoms with Crippen LogP contribution in [-0.4, -0.2) is 34.2 Å². The highest BCUT2D eigenvalue weighted by Crippen LogP contribution is 2.69. The molecule has 1 fully saturated rings. The lowest BCUT2D eigenvalue weighted by Gasteiger charge is -2.54. The fourth-order valence-corrected chi connectivity index (χ4v) is 7.11. The Balaban J connectivity index is 1.48. The summed E-state index contributed by atoms with van der Waals surface area (Å²) in [7, 11) is 0. The Kier molecular flexibility index (Phi) is 4.13. The highest BCUT2D eigenvalue weighted by atomic mass is 35.5. The van der Waals surface area contributed by atoms with Crippen molar-refractivity contribution < 1.29 is 14.4 Å². The van der Waals surface area contributed by atoms with E-state index in [9.17, 15) is 14.4 Å². The van der Waals surface area contributed by atoms with Crippen LogP contribution in [0.1, 0.15) is 22.3 Å². The van der Waals surface area contributed by atoms with Crippen LogP contribution in [0.5, 0.6) is 0 Å². The Morgan fingerprint density at radius 3 is 1.81 bits per heavy atom. The van der Waals surface area contributed by atoms with E-state index >= 15 is 0 Å². The third-order valence-corrected chi connectivity index (χ3v) is 8.63. The number of likely N-dealkylation sites (tertiary alicyclic amines) is 1. The van der Waals surface area contributed by atoms with Gasteiger partial charge in [0.2, 0.25) is 17.7 Å². The Bertz CT molecular complexity index is 1190. The third-order valence-electron chi connectivity index (χ3n) is 6.66. The maximum absolute atomic E-state index is 13.6. The van der Waals surface area contributed by atoms with Gasteiger partial charge in [-0.25, -0.2) is 4.98 Å². The van der Waals surface area contributed by atoms with E-state index in [1.165, 1.54) is 11.3 Å². The molecule has 2 aromatic carbocycles. The number of carbonyl (C=O) groups excluding carboxylic acids is 3. The Morgan fingerprint density at radius 2 is 1.41 bits per heavy atom. The summed E-state index contributed by atoms with van der Waals surface area (Å²) in [4.78, 5) is 42.3. The summed E-state index contributed by atoms with van der Waals surface area (Å²) < 4.78 is 0. The van der Waals surface area contributed by atoms with Gasteiger partial charge in [-0.05, 0) is 22.3 Å². The Morgan fingerprint density at radius 1 is 0.938 bits per heavy atom. The second kappa shape index (κ2) is 6.63. The molecule has 1 saturated heterocycles. The molecule has 6 nitrogen and oxygen atoms in total. The molecule has 2 heterocycles. The molecule has 0 radical (unpaired) electrons. The van der Waals surface area contributed by atoms with Crippen LogP contribution in [0, 0.1) is 11.8 Å². The highest BCUT2D eigenvalue weighted by molar-refractivity contribution is 7.13. The van der Waals surface area contributed by atoms with E-state index in [2.05, 4.69) is 10.3 Å². The normalized spacial score (nSPS) is 29.5. The zero-order valence-electron chi connectivity index (χ0n) is 16.4. The zero-order valence-corrected chi connectivity index (χ0v) is 18.7. The van der Waals surface area contributed by atoms with E-state index in [0.717, 1.165) is 27.2 Å². The van der Waals surface area contributed by atoms with Crippen molar-refractivity contribution in [3.05, 3.63) is 82.4 Å². The highest BCUT2D eigenvalue weighted by Gasteiger charge is 2.73. The largest absolute Gasteiger partial charge is 0.300 e. The minimum absolute atomic E-state index is 0.397. The number of benzene rings is 2. The number of thiazole rings is 1. The van der Waals surface area contributed by atoms with Crippen LogP contribution >= 0.6 is 34.5 Å². The number of rotatable bonds is 3. The molecule has 3 amide bonds. The van der Waals surface area contributed by atoms with Gasteiger partial charge >= 0.3 is 0 Å². The summed E-state index contributed by atoms with van der Waals surface area (Å²) in [6, 6.07) is 14.8. The summed E-state index contributed by atoms with van der Waals surface area (Å²) >= 11 is 15.9. The lowest BCUT2D eigenvalue weighted by molar-refractivity contribution is -0.142. The number of carbonyl (C=O) groups is 3. The number of halogens is 2. The van der Waals surface area contributed by atoms with Crippen LogP contribution in [-0.2, 0) is 24.1 Å². The van der Waals surface area contributed by atoms with Gasteiger partial charge in [0.25, 0.3) is 0 Å². The van der Waals surface area contributed by atoms with Gasteiger partial charge in [-0.2, -0.15) is 0 Å². The van der Waals surface area contributed by atoms with E-state index in [0.29, 0.717) is 5.13 Å². The second-order valence-electron chi connectivity index (χ2n) is 8.12. The van der Waals surface area contributed by atoms with E-state index in [1.54, 1.807) is 11.6 Å². The first kappa shape index (κ1) is 19.9. The first-order valence-electron chi connectivity index (χ1n) is 10.0. The molecule has 0 unspecified atom stereocenters. The molecule has 7 rings (SSSR count). The molecule has 160 valence electrons. The number of amides is 3. The number of nitrogens with one attached hydrogen (secondary N) is 1. The number of aromatic nitrogens is 1. The zero-order chi connectivity index (χ0) is 22.3. The molecule has 3 aliphatic carbocycles. The topological polar surface area (TPSA) is 79.4 Å². The van der Waals surface area contributed by atoms with Crippen molar-refractivity contribution in [3.63, 3.8) is 0 Å². The average Bonchev–Trinajstić information content (AvgIpc) is 3.39. The molecule has 2 atom stereocenters. The van der Waals surface area contributed by atoms with E-state index in [-0.39, 0.29) is 0 Å². The lowest BCUT2D eigenvalue weighted by atomic mass is 9.54. The van der Waals surface area contributed by atoms with Crippen molar-refractivity contribution in [2.24, 2.45) is 11.8 Å². The van der Waals surface area contributed by atoms with Crippen LogP contribution in [0.2, 0.25) is 0 Å². The van der Waals surface area contributed by atoms with E-state index in [4.69, 9.17) is 23.2 Å². The summed E-state index contributed by atoms with van der Waals surface area (Å²) in [5, 5.41) is 4.74. The molecule has 32 heavy (non-hydrogen) atoms. The average molecular weight is 484 g/mol. The van der Waals surface area contributed by atoms with Gasteiger partial charge in [-0.15, -0.1) is 34.5 Å². The van der Waals surface area contributed by atoms with Gasteiger partial charge in [0, 0.05) is 11.6 Å². The first-order chi connectivity index (χ1) is 15.4. The molecule has 1 N–H and O–H groups in total. The van der Waals surface area contributed by atoms with Gasteiger partial charge in [-0.1, -0.05) is 48.5 Å². The predicted molar refractivity (Wildman–Crippen MR) is 121 cm³/mol. The van der Waals surface area contributed by atoms with Crippen molar-refractivity contribution >= 4 is 57.4 Å². The van der Waals surface area contributed by atoms with Crippen molar-refractivity contribution in [2.45, 2.75) is 9.75 Å². The van der Waals surface area contributed by atoms with Crippen LogP contribution in [0.25, 0.3) is 0 Å². The number of hydrogen-bond acceptors (Lipinski definition) is 5. The lowest BCUT2D eigenvalue weighted by Crippen LogP contribution is -2.57. The molecular weight excluding hydrogens is 469 g/mol. The van der Waals surface area contributed by atoms with Crippen molar-refractivity contribution in [1.82, 2.24) is 9.88 Å². The number of anilines is 1. The first-order valence-corrected chi connectivity index (χ1v) is 11.6. The standard InChI is InChI=1S/C23H15Cl2N3O3S/c24-22-12-5-1-2-6-13(12)23(25,15-8-4-3-7-14(15)22)18-17(22)19(30)28(20(18)31)11-16(29)27-21-26-9-10-32-21/h1-10,17-18H,11H2,(H,26,27,29)/t17-,18+,22?,23?. The van der Waals surface area contributed by atoms with Crippen LogP contribution in [0.4, 0.5) is 5.13 Å². The minimum Gasteiger partial charge on any atom is -0.300 e. The monoisotopic (exact) mass is 483 g/mol. The van der Waals surface area contributed by atoms with Crippen LogP contribution in [0.3, 0.4) is 0 Å². The third kappa shape index (κ3) is 2.31. The van der Waals surface area contributed by atoms with Crippen molar-refractivity contribution in [2.75, 3.05) is 11.9 Å². The molecule has 1 aromatic heterocycles. The van der Waals surface area contributed by atoms with Crippen LogP contribution in [0.15, 0.2) is 60.1 Å². The summed E-state index contributed by atoms with van der Waals surface area (Å²) in [5.41, 5.74) is 2.91. The number of hydrogen-bond donors (Lipinski definition) is 1. The predicted octanol–water partition coefficient (Wildman–Crippen LogP) is 3.67. The van der Waals surface area contributed by atoms with Gasteiger partial charge in [-0.3, -0.25) is 19.3 Å². The molecular formula is C23H15Cl2N3O3S. The molecule has 9 heteroatoms. The molecule has 2 bridgehead atoms. The smallest absolute Gasteiger partial charge is 0.246 e. The van der Waals surface area contributed by atoms with Gasteiger partial charge in [0.15, 0.2) is 5.13 Å². The molecule has 1 aliphatic heterocycles. The Labute approximate surface area is 197 Å². The summed E-state index contributed by atoms with van der Waals surface area (Å²) in [5.74, 6) is -3.30. The number of alkyl halides is 2. The van der Waals surface area contributed by atoms with Gasteiger partial charge in [0.1, 0.15) is 16.3 Å². The van der Waals surface area contributed by atoms with Crippen molar-refractivity contribution in [1.29, 1.82) is 0 Å². The SMILES string of the molecule is O=C(CN1C(=O)[C@@H]2[C@H](C1=O)C1(Cl)c3ccccc3C2(Cl)c2ccccc21)Nc1nccs1. The maximum atomic E-state index is 13.6. The van der Waals surface area contributed by atoms with Crippen LogP contribution < -0.4 is 5.32 Å². The summed E-state index contributed by atoms with van der Waals surface area (Å²) in [6.45, 7) is -0.420. The Hall–Kier alpha value is -2.74. The van der Waals surface area contributed by atoms with Gasteiger partial charge < -0.3 is 5.32 Å². The second-order valence-corrected chi connectivity index (χ2v) is 10.2. The van der Waals surface area contributed by atoms with Gasteiger partial charge in [0.05, 0.1) is 11.8 Å². The summed E-state index contributed by atoms with van der Waals surface area (Å²) in [6.07, 6.45) is 1.56. The molecule has 3 aromatic rings. The molecule has 0 saturated carbocycles. The number of nitrogens with zero attached hydrogens (tertiary/aromatic N) is 2. The molecule has 0 spiro atoms. The number of imide groups is 1. The van der Waals surface area contributed by atoms with E-state index < -0.39 is 45.9 Å². The maximum Gasteiger partial charge on any atom is 0.246 e. The van der Waals surface area contributed by atoms with E-state index in [1.807, 2.05) is 48.5 Å². The fraction of sp³-hybridized carbons (Fsp3) is 0.217. The minimum atomic E-state index is -1.25.